The summed E-state index contributed by atoms with van der Waals surface area (Å²) in [4.78, 5) is 22.1. The largest absolute Gasteiger partial charge is 0.478 e. The first-order valence-electron chi connectivity index (χ1n) is 5.15. The second kappa shape index (κ2) is 6.35. The molecule has 1 aromatic rings. The van der Waals surface area contributed by atoms with Crippen LogP contribution in [0.4, 0.5) is 0 Å². The van der Waals surface area contributed by atoms with E-state index in [1.165, 1.54) is 6.08 Å². The normalized spacial score (nSPS) is 10.7. The molecule has 1 aromatic carbocycles. The Balaban J connectivity index is 2.93. The van der Waals surface area contributed by atoms with E-state index in [1.54, 1.807) is 18.2 Å². The van der Waals surface area contributed by atoms with Crippen molar-refractivity contribution in [2.75, 3.05) is 5.33 Å². The molecule has 0 atom stereocenters. The monoisotopic (exact) mass is 296 g/mol. The average molecular weight is 297 g/mol. The number of carbonyl (C=O) groups is 2. The fourth-order valence-corrected chi connectivity index (χ4v) is 1.85. The van der Waals surface area contributed by atoms with Crippen LogP contribution in [0.2, 0.25) is 0 Å². The molecule has 17 heavy (non-hydrogen) atoms. The number of alkyl halides is 1. The zero-order valence-corrected chi connectivity index (χ0v) is 11.0. The molecule has 0 saturated carbocycles. The molecule has 1 N–H and O–H groups in total. The average Bonchev–Trinajstić information content (AvgIpc) is 2.26. The Labute approximate surface area is 108 Å². The lowest BCUT2D eigenvalue weighted by Gasteiger charge is -2.04. The molecule has 0 aliphatic rings. The van der Waals surface area contributed by atoms with Crippen LogP contribution in [0, 0.1) is 6.92 Å². The van der Waals surface area contributed by atoms with Gasteiger partial charge in [-0.05, 0) is 24.1 Å². The Bertz CT molecular complexity index is 464. The SMILES string of the molecule is Cc1cc(/C=C/C(=O)O)ccc1C(=O)CCBr. The number of aryl methyl sites for hydroxylation is 1. The first-order chi connectivity index (χ1) is 8.04. The van der Waals surface area contributed by atoms with Crippen LogP contribution in [-0.2, 0) is 4.79 Å². The number of halogens is 1. The van der Waals surface area contributed by atoms with E-state index >= 15 is 0 Å². The summed E-state index contributed by atoms with van der Waals surface area (Å²) in [5.41, 5.74) is 2.33. The van der Waals surface area contributed by atoms with Crippen molar-refractivity contribution >= 4 is 33.8 Å². The molecule has 3 nitrogen and oxygen atoms in total. The van der Waals surface area contributed by atoms with Crippen LogP contribution in [0.1, 0.15) is 27.9 Å². The number of ketones is 1. The predicted octanol–water partition coefficient (Wildman–Crippen LogP) is 3.06. The molecule has 4 heteroatoms. The fraction of sp³-hybridized carbons (Fsp3) is 0.231. The van der Waals surface area contributed by atoms with Crippen molar-refractivity contribution in [1.82, 2.24) is 0 Å². The minimum atomic E-state index is -0.984. The van der Waals surface area contributed by atoms with Crippen molar-refractivity contribution in [2.45, 2.75) is 13.3 Å². The maximum atomic E-state index is 11.7. The summed E-state index contributed by atoms with van der Waals surface area (Å²) in [6, 6.07) is 5.29. The first kappa shape index (κ1) is 13.6. The van der Waals surface area contributed by atoms with Gasteiger partial charge in [-0.15, -0.1) is 0 Å². The molecule has 0 spiro atoms. The molecule has 0 aliphatic carbocycles. The number of carbonyl (C=O) groups excluding carboxylic acids is 1. The van der Waals surface area contributed by atoms with Crippen molar-refractivity contribution in [3.63, 3.8) is 0 Å². The Kier molecular flexibility index (Phi) is 5.10. The van der Waals surface area contributed by atoms with E-state index in [4.69, 9.17) is 5.11 Å². The molecule has 0 amide bonds. The summed E-state index contributed by atoms with van der Waals surface area (Å²) in [5, 5.41) is 9.16. The first-order valence-corrected chi connectivity index (χ1v) is 6.27. The standard InChI is InChI=1S/C13H13BrO3/c1-9-8-10(3-5-13(16)17)2-4-11(9)12(15)6-7-14/h2-5,8H,6-7H2,1H3,(H,16,17)/b5-3+. The topological polar surface area (TPSA) is 54.4 Å². The van der Waals surface area contributed by atoms with Crippen LogP contribution >= 0.6 is 15.9 Å². The summed E-state index contributed by atoms with van der Waals surface area (Å²) in [5.74, 6) is -0.893. The van der Waals surface area contributed by atoms with Crippen molar-refractivity contribution in [2.24, 2.45) is 0 Å². The second-order valence-corrected chi connectivity index (χ2v) is 4.40. The lowest BCUT2D eigenvalue weighted by Crippen LogP contribution is -2.02. The zero-order valence-electron chi connectivity index (χ0n) is 9.44. The second-order valence-electron chi connectivity index (χ2n) is 3.61. The van der Waals surface area contributed by atoms with Crippen LogP contribution in [0.15, 0.2) is 24.3 Å². The Morgan fingerprint density at radius 2 is 2.12 bits per heavy atom. The molecule has 0 saturated heterocycles. The summed E-state index contributed by atoms with van der Waals surface area (Å²) in [6.45, 7) is 1.85. The van der Waals surface area contributed by atoms with Crippen molar-refractivity contribution in [1.29, 1.82) is 0 Å². The van der Waals surface area contributed by atoms with Gasteiger partial charge in [0.25, 0.3) is 0 Å². The summed E-state index contributed by atoms with van der Waals surface area (Å²) in [6.07, 6.45) is 3.05. The highest BCUT2D eigenvalue weighted by atomic mass is 79.9. The van der Waals surface area contributed by atoms with Gasteiger partial charge >= 0.3 is 5.97 Å². The summed E-state index contributed by atoms with van der Waals surface area (Å²) < 4.78 is 0. The van der Waals surface area contributed by atoms with Crippen molar-refractivity contribution < 1.29 is 14.7 Å². The van der Waals surface area contributed by atoms with Gasteiger partial charge in [0.1, 0.15) is 0 Å². The minimum Gasteiger partial charge on any atom is -0.478 e. The fourth-order valence-electron chi connectivity index (χ4n) is 1.49. The summed E-state index contributed by atoms with van der Waals surface area (Å²) >= 11 is 3.23. The van der Waals surface area contributed by atoms with E-state index < -0.39 is 5.97 Å². The molecule has 0 unspecified atom stereocenters. The molecule has 0 bridgehead atoms. The van der Waals surface area contributed by atoms with Gasteiger partial charge in [0.15, 0.2) is 5.78 Å². The van der Waals surface area contributed by atoms with Gasteiger partial charge in [-0.3, -0.25) is 4.79 Å². The third-order valence-corrected chi connectivity index (χ3v) is 2.69. The van der Waals surface area contributed by atoms with Crippen molar-refractivity contribution in [3.05, 3.63) is 41.0 Å². The van der Waals surface area contributed by atoms with Gasteiger partial charge in [0.2, 0.25) is 0 Å². The molecule has 0 aliphatic heterocycles. The number of aliphatic carboxylic acids is 1. The van der Waals surface area contributed by atoms with Gasteiger partial charge in [0, 0.05) is 23.4 Å². The maximum Gasteiger partial charge on any atom is 0.328 e. The lowest BCUT2D eigenvalue weighted by atomic mass is 10.0. The molecule has 0 fully saturated rings. The van der Waals surface area contributed by atoms with Gasteiger partial charge in [-0.1, -0.05) is 34.1 Å². The number of carboxylic acids is 1. The Hall–Kier alpha value is -1.42. The van der Waals surface area contributed by atoms with Crippen LogP contribution in [0.25, 0.3) is 6.08 Å². The minimum absolute atomic E-state index is 0.0909. The van der Waals surface area contributed by atoms with E-state index in [0.717, 1.165) is 17.2 Å². The van der Waals surface area contributed by atoms with E-state index in [9.17, 15) is 9.59 Å². The number of Topliss-reactive ketones (excluding diaryl/α,β-unsaturated/α-hetero) is 1. The van der Waals surface area contributed by atoms with Crippen LogP contribution in [-0.4, -0.2) is 22.2 Å². The van der Waals surface area contributed by atoms with Crippen LogP contribution < -0.4 is 0 Å². The van der Waals surface area contributed by atoms with E-state index in [1.807, 2.05) is 6.92 Å². The zero-order chi connectivity index (χ0) is 12.8. The van der Waals surface area contributed by atoms with Gasteiger partial charge < -0.3 is 5.11 Å². The highest BCUT2D eigenvalue weighted by molar-refractivity contribution is 9.09. The van der Waals surface area contributed by atoms with Crippen LogP contribution in [0.3, 0.4) is 0 Å². The molecule has 0 heterocycles. The highest BCUT2D eigenvalue weighted by Crippen LogP contribution is 2.14. The predicted molar refractivity (Wildman–Crippen MR) is 70.6 cm³/mol. The lowest BCUT2D eigenvalue weighted by molar-refractivity contribution is -0.131. The molecule has 0 aromatic heterocycles. The van der Waals surface area contributed by atoms with Gasteiger partial charge in [-0.2, -0.15) is 0 Å². The van der Waals surface area contributed by atoms with Crippen molar-refractivity contribution in [3.8, 4) is 0 Å². The quantitative estimate of drug-likeness (QED) is 0.516. The number of benzene rings is 1. The Morgan fingerprint density at radius 1 is 1.41 bits per heavy atom. The van der Waals surface area contributed by atoms with E-state index in [-0.39, 0.29) is 5.78 Å². The number of hydrogen-bond donors (Lipinski definition) is 1. The molecule has 90 valence electrons. The maximum absolute atomic E-state index is 11.7. The highest BCUT2D eigenvalue weighted by Gasteiger charge is 2.07. The smallest absolute Gasteiger partial charge is 0.328 e. The Morgan fingerprint density at radius 3 is 2.65 bits per heavy atom. The molecular weight excluding hydrogens is 284 g/mol. The van der Waals surface area contributed by atoms with E-state index in [0.29, 0.717) is 17.3 Å². The van der Waals surface area contributed by atoms with Crippen LogP contribution in [0.5, 0.6) is 0 Å². The summed E-state index contributed by atoms with van der Waals surface area (Å²) in [7, 11) is 0. The number of carboxylic acid groups (broad SMARTS) is 1. The van der Waals surface area contributed by atoms with Gasteiger partial charge in [0.05, 0.1) is 0 Å². The number of rotatable bonds is 5. The molecule has 1 rings (SSSR count). The van der Waals surface area contributed by atoms with Gasteiger partial charge in [-0.25, -0.2) is 4.79 Å². The van der Waals surface area contributed by atoms with E-state index in [2.05, 4.69) is 15.9 Å². The third kappa shape index (κ3) is 4.15. The molecular formula is C13H13BrO3. The molecule has 0 radical (unpaired) electrons. The number of hydrogen-bond acceptors (Lipinski definition) is 2. The third-order valence-electron chi connectivity index (χ3n) is 2.29.